The summed E-state index contributed by atoms with van der Waals surface area (Å²) >= 11 is 1.49. The van der Waals surface area contributed by atoms with Crippen LogP contribution in [0.5, 0.6) is 0 Å². The minimum absolute atomic E-state index is 0.000151. The fraction of sp³-hybridized carbons (Fsp3) is 0.263. The average molecular weight is 381 g/mol. The van der Waals surface area contributed by atoms with Crippen LogP contribution in [-0.4, -0.2) is 52.1 Å². The van der Waals surface area contributed by atoms with Gasteiger partial charge in [0, 0.05) is 36.7 Å². The third kappa shape index (κ3) is 4.12. The SMILES string of the molecule is Cc1cc(C(=O)N2CCOCC2)cc(Nc2ncc(-c3ccccn3)s2)n1. The average Bonchev–Trinajstić information content (AvgIpc) is 3.17. The van der Waals surface area contributed by atoms with E-state index in [4.69, 9.17) is 4.74 Å². The van der Waals surface area contributed by atoms with E-state index in [1.807, 2.05) is 36.1 Å². The summed E-state index contributed by atoms with van der Waals surface area (Å²) in [6, 6.07) is 9.35. The maximum Gasteiger partial charge on any atom is 0.254 e. The van der Waals surface area contributed by atoms with Gasteiger partial charge < -0.3 is 15.0 Å². The van der Waals surface area contributed by atoms with Crippen molar-refractivity contribution in [2.45, 2.75) is 6.92 Å². The van der Waals surface area contributed by atoms with Gasteiger partial charge in [0.1, 0.15) is 5.82 Å². The molecule has 1 aliphatic heterocycles. The van der Waals surface area contributed by atoms with Crippen LogP contribution in [0.15, 0.2) is 42.7 Å². The van der Waals surface area contributed by atoms with Gasteiger partial charge in [0.15, 0.2) is 5.13 Å². The Labute approximate surface area is 161 Å². The van der Waals surface area contributed by atoms with Gasteiger partial charge >= 0.3 is 0 Å². The molecule has 3 aromatic rings. The Bertz CT molecular complexity index is 938. The zero-order valence-electron chi connectivity index (χ0n) is 14.9. The highest BCUT2D eigenvalue weighted by Crippen LogP contribution is 2.29. The number of hydrogen-bond acceptors (Lipinski definition) is 7. The van der Waals surface area contributed by atoms with E-state index in [9.17, 15) is 4.79 Å². The number of amides is 1. The molecule has 0 spiro atoms. The Kier molecular flexibility index (Phi) is 5.08. The first kappa shape index (κ1) is 17.6. The molecule has 3 aromatic heterocycles. The normalized spacial score (nSPS) is 14.2. The molecule has 1 amide bonds. The van der Waals surface area contributed by atoms with E-state index in [1.54, 1.807) is 18.5 Å². The number of ether oxygens (including phenoxy) is 1. The lowest BCUT2D eigenvalue weighted by Crippen LogP contribution is -2.40. The molecular formula is C19H19N5O2S. The van der Waals surface area contributed by atoms with Gasteiger partial charge in [-0.3, -0.25) is 9.78 Å². The van der Waals surface area contributed by atoms with Crippen molar-refractivity contribution in [3.8, 4) is 10.6 Å². The lowest BCUT2D eigenvalue weighted by Gasteiger charge is -2.27. The van der Waals surface area contributed by atoms with Crippen molar-refractivity contribution >= 4 is 28.2 Å². The van der Waals surface area contributed by atoms with Gasteiger partial charge in [-0.15, -0.1) is 0 Å². The molecule has 8 heteroatoms. The summed E-state index contributed by atoms with van der Waals surface area (Å²) < 4.78 is 5.32. The van der Waals surface area contributed by atoms with Crippen LogP contribution >= 0.6 is 11.3 Å². The quantitative estimate of drug-likeness (QED) is 0.748. The Balaban J connectivity index is 1.53. The second-order valence-corrected chi connectivity index (χ2v) is 7.19. The second kappa shape index (κ2) is 7.81. The van der Waals surface area contributed by atoms with Crippen molar-refractivity contribution < 1.29 is 9.53 Å². The molecule has 0 aliphatic carbocycles. The first-order chi connectivity index (χ1) is 13.2. The number of aromatic nitrogens is 3. The molecule has 27 heavy (non-hydrogen) atoms. The lowest BCUT2D eigenvalue weighted by atomic mass is 10.2. The topological polar surface area (TPSA) is 80.2 Å². The van der Waals surface area contributed by atoms with Crippen molar-refractivity contribution in [1.82, 2.24) is 19.9 Å². The zero-order chi connectivity index (χ0) is 18.6. The molecule has 7 nitrogen and oxygen atoms in total. The van der Waals surface area contributed by atoms with Crippen molar-refractivity contribution in [3.05, 3.63) is 54.0 Å². The molecule has 1 N–H and O–H groups in total. The van der Waals surface area contributed by atoms with Gasteiger partial charge in [0.2, 0.25) is 0 Å². The molecule has 4 rings (SSSR count). The fourth-order valence-electron chi connectivity index (χ4n) is 2.87. The standard InChI is InChI=1S/C19H19N5O2S/c1-13-10-14(18(25)24-6-8-26-9-7-24)11-17(22-13)23-19-21-12-16(27-19)15-4-2-3-5-20-15/h2-5,10-12H,6-9H2,1H3,(H,21,22,23). The number of anilines is 2. The Morgan fingerprint density at radius 3 is 2.85 bits per heavy atom. The van der Waals surface area contributed by atoms with Crippen LogP contribution in [-0.2, 0) is 4.74 Å². The molecule has 0 aromatic carbocycles. The summed E-state index contributed by atoms with van der Waals surface area (Å²) in [5.74, 6) is 0.605. The third-order valence-corrected chi connectivity index (χ3v) is 5.09. The first-order valence-corrected chi connectivity index (χ1v) is 9.51. The minimum atomic E-state index is 0.000151. The van der Waals surface area contributed by atoms with E-state index < -0.39 is 0 Å². The molecule has 1 aliphatic rings. The molecule has 0 saturated carbocycles. The molecule has 0 atom stereocenters. The first-order valence-electron chi connectivity index (χ1n) is 8.69. The van der Waals surface area contributed by atoms with Crippen LogP contribution < -0.4 is 5.32 Å². The largest absolute Gasteiger partial charge is 0.378 e. The molecule has 1 saturated heterocycles. The molecule has 138 valence electrons. The van der Waals surface area contributed by atoms with Crippen LogP contribution in [0.2, 0.25) is 0 Å². The number of rotatable bonds is 4. The number of pyridine rings is 2. The monoisotopic (exact) mass is 381 g/mol. The summed E-state index contributed by atoms with van der Waals surface area (Å²) in [5, 5.41) is 3.91. The number of thiazole rings is 1. The predicted octanol–water partition coefficient (Wildman–Crippen LogP) is 3.12. The van der Waals surface area contributed by atoms with E-state index in [-0.39, 0.29) is 5.91 Å². The van der Waals surface area contributed by atoms with E-state index in [1.165, 1.54) is 11.3 Å². The van der Waals surface area contributed by atoms with Gasteiger partial charge in [-0.05, 0) is 31.2 Å². The summed E-state index contributed by atoms with van der Waals surface area (Å²) in [7, 11) is 0. The maximum atomic E-state index is 12.7. The van der Waals surface area contributed by atoms with Crippen LogP contribution in [0.25, 0.3) is 10.6 Å². The maximum absolute atomic E-state index is 12.7. The molecule has 1 fully saturated rings. The summed E-state index contributed by atoms with van der Waals surface area (Å²) in [4.78, 5) is 28.7. The Morgan fingerprint density at radius 2 is 2.07 bits per heavy atom. The Morgan fingerprint density at radius 1 is 1.22 bits per heavy atom. The lowest BCUT2D eigenvalue weighted by molar-refractivity contribution is 0.0303. The number of carbonyl (C=O) groups excluding carboxylic acids is 1. The van der Waals surface area contributed by atoms with Crippen molar-refractivity contribution in [2.24, 2.45) is 0 Å². The summed E-state index contributed by atoms with van der Waals surface area (Å²) in [6.07, 6.45) is 3.54. The molecule has 0 bridgehead atoms. The molecule has 0 radical (unpaired) electrons. The fourth-order valence-corrected chi connectivity index (χ4v) is 3.67. The zero-order valence-corrected chi connectivity index (χ0v) is 15.7. The Hall–Kier alpha value is -2.84. The van der Waals surface area contributed by atoms with E-state index in [0.717, 1.165) is 16.3 Å². The highest BCUT2D eigenvalue weighted by Gasteiger charge is 2.19. The molecular weight excluding hydrogens is 362 g/mol. The van der Waals surface area contributed by atoms with Crippen LogP contribution in [0, 0.1) is 6.92 Å². The predicted molar refractivity (Wildman–Crippen MR) is 104 cm³/mol. The number of carbonyl (C=O) groups is 1. The van der Waals surface area contributed by atoms with Crippen LogP contribution in [0.1, 0.15) is 16.1 Å². The van der Waals surface area contributed by atoms with Gasteiger partial charge in [-0.25, -0.2) is 9.97 Å². The number of aryl methyl sites for hydroxylation is 1. The highest BCUT2D eigenvalue weighted by atomic mass is 32.1. The van der Waals surface area contributed by atoms with Crippen LogP contribution in [0.4, 0.5) is 10.9 Å². The van der Waals surface area contributed by atoms with E-state index in [2.05, 4.69) is 20.3 Å². The van der Waals surface area contributed by atoms with Gasteiger partial charge in [-0.1, -0.05) is 17.4 Å². The van der Waals surface area contributed by atoms with Crippen molar-refractivity contribution in [2.75, 3.05) is 31.6 Å². The van der Waals surface area contributed by atoms with Gasteiger partial charge in [0.05, 0.1) is 23.8 Å². The third-order valence-electron chi connectivity index (χ3n) is 4.16. The van der Waals surface area contributed by atoms with Crippen molar-refractivity contribution in [3.63, 3.8) is 0 Å². The smallest absolute Gasteiger partial charge is 0.254 e. The number of nitrogens with zero attached hydrogens (tertiary/aromatic N) is 4. The summed E-state index contributed by atoms with van der Waals surface area (Å²) in [6.45, 7) is 4.26. The minimum Gasteiger partial charge on any atom is -0.378 e. The number of morpholine rings is 1. The molecule has 4 heterocycles. The number of hydrogen-bond donors (Lipinski definition) is 1. The second-order valence-electron chi connectivity index (χ2n) is 6.16. The van der Waals surface area contributed by atoms with Crippen LogP contribution in [0.3, 0.4) is 0 Å². The van der Waals surface area contributed by atoms with Gasteiger partial charge in [0.25, 0.3) is 5.91 Å². The molecule has 0 unspecified atom stereocenters. The number of nitrogens with one attached hydrogen (secondary N) is 1. The van der Waals surface area contributed by atoms with E-state index in [0.29, 0.717) is 42.8 Å². The van der Waals surface area contributed by atoms with Crippen molar-refractivity contribution in [1.29, 1.82) is 0 Å². The van der Waals surface area contributed by atoms with Gasteiger partial charge in [-0.2, -0.15) is 0 Å². The van der Waals surface area contributed by atoms with E-state index >= 15 is 0 Å². The summed E-state index contributed by atoms with van der Waals surface area (Å²) in [5.41, 5.74) is 2.27. The highest BCUT2D eigenvalue weighted by molar-refractivity contribution is 7.18.